The SMILES string of the molecule is OC(Cc1ccc(Br)cc1)c1ccc(F)cc1. The summed E-state index contributed by atoms with van der Waals surface area (Å²) in [6.07, 6.45) is -0.0735. The zero-order chi connectivity index (χ0) is 12.3. The first-order chi connectivity index (χ1) is 8.15. The van der Waals surface area contributed by atoms with E-state index < -0.39 is 6.10 Å². The van der Waals surface area contributed by atoms with Crippen LogP contribution in [0, 0.1) is 5.82 Å². The Labute approximate surface area is 108 Å². The van der Waals surface area contributed by atoms with Gasteiger partial charge in [0.05, 0.1) is 6.10 Å². The number of hydrogen-bond donors (Lipinski definition) is 1. The summed E-state index contributed by atoms with van der Waals surface area (Å²) >= 11 is 3.36. The molecule has 1 N–H and O–H groups in total. The van der Waals surface area contributed by atoms with Gasteiger partial charge in [-0.1, -0.05) is 40.2 Å². The number of rotatable bonds is 3. The topological polar surface area (TPSA) is 20.2 Å². The summed E-state index contributed by atoms with van der Waals surface area (Å²) in [5, 5.41) is 10.00. The van der Waals surface area contributed by atoms with Crippen molar-refractivity contribution >= 4 is 15.9 Å². The lowest BCUT2D eigenvalue weighted by atomic mass is 10.0. The van der Waals surface area contributed by atoms with Gasteiger partial charge in [0.2, 0.25) is 0 Å². The Bertz CT molecular complexity index is 479. The highest BCUT2D eigenvalue weighted by Gasteiger charge is 2.08. The summed E-state index contributed by atoms with van der Waals surface area (Å²) in [6, 6.07) is 13.7. The standard InChI is InChI=1S/C14H12BrFO/c15-12-5-1-10(2-6-12)9-14(17)11-3-7-13(16)8-4-11/h1-8,14,17H,9H2. The number of aliphatic hydroxyl groups is 1. The van der Waals surface area contributed by atoms with Crippen molar-refractivity contribution in [3.05, 3.63) is 69.9 Å². The maximum absolute atomic E-state index is 12.7. The predicted molar refractivity (Wildman–Crippen MR) is 69.2 cm³/mol. The molecule has 0 fully saturated rings. The van der Waals surface area contributed by atoms with E-state index in [1.165, 1.54) is 12.1 Å². The van der Waals surface area contributed by atoms with E-state index >= 15 is 0 Å². The van der Waals surface area contributed by atoms with Crippen LogP contribution in [0.3, 0.4) is 0 Å². The third kappa shape index (κ3) is 3.38. The number of hydrogen-bond acceptors (Lipinski definition) is 1. The first-order valence-electron chi connectivity index (χ1n) is 5.33. The van der Waals surface area contributed by atoms with Gasteiger partial charge in [-0.2, -0.15) is 0 Å². The van der Waals surface area contributed by atoms with Crippen LogP contribution in [0.5, 0.6) is 0 Å². The van der Waals surface area contributed by atoms with Crippen molar-refractivity contribution in [1.82, 2.24) is 0 Å². The fourth-order valence-electron chi connectivity index (χ4n) is 1.65. The molecule has 1 unspecified atom stereocenters. The summed E-state index contributed by atoms with van der Waals surface area (Å²) in [5.74, 6) is -0.287. The average Bonchev–Trinajstić information content (AvgIpc) is 2.33. The van der Waals surface area contributed by atoms with Gasteiger partial charge in [-0.05, 0) is 35.4 Å². The molecule has 17 heavy (non-hydrogen) atoms. The van der Waals surface area contributed by atoms with E-state index in [2.05, 4.69) is 15.9 Å². The third-order valence-electron chi connectivity index (χ3n) is 2.60. The summed E-state index contributed by atoms with van der Waals surface area (Å²) in [6.45, 7) is 0. The van der Waals surface area contributed by atoms with Crippen LogP contribution in [0.2, 0.25) is 0 Å². The molecule has 0 amide bonds. The zero-order valence-corrected chi connectivity index (χ0v) is 10.7. The molecule has 0 spiro atoms. The van der Waals surface area contributed by atoms with Crippen LogP contribution in [0.15, 0.2) is 53.0 Å². The zero-order valence-electron chi connectivity index (χ0n) is 9.11. The smallest absolute Gasteiger partial charge is 0.123 e. The second kappa shape index (κ2) is 5.43. The Morgan fingerprint density at radius 2 is 1.59 bits per heavy atom. The maximum atomic E-state index is 12.7. The van der Waals surface area contributed by atoms with Gasteiger partial charge >= 0.3 is 0 Å². The minimum absolute atomic E-state index is 0.287. The van der Waals surface area contributed by atoms with Gasteiger partial charge in [-0.3, -0.25) is 0 Å². The van der Waals surface area contributed by atoms with Crippen molar-refractivity contribution in [2.24, 2.45) is 0 Å². The van der Waals surface area contributed by atoms with Gasteiger partial charge < -0.3 is 5.11 Å². The van der Waals surface area contributed by atoms with Crippen LogP contribution in [0.25, 0.3) is 0 Å². The van der Waals surface area contributed by atoms with Gasteiger partial charge in [0.25, 0.3) is 0 Å². The van der Waals surface area contributed by atoms with Crippen LogP contribution < -0.4 is 0 Å². The third-order valence-corrected chi connectivity index (χ3v) is 3.13. The highest BCUT2D eigenvalue weighted by Crippen LogP contribution is 2.20. The van der Waals surface area contributed by atoms with Crippen LogP contribution in [-0.2, 0) is 6.42 Å². The van der Waals surface area contributed by atoms with Crippen molar-refractivity contribution in [3.63, 3.8) is 0 Å². The predicted octanol–water partition coefficient (Wildman–Crippen LogP) is 3.86. The molecule has 1 nitrogen and oxygen atoms in total. The highest BCUT2D eigenvalue weighted by molar-refractivity contribution is 9.10. The fraction of sp³-hybridized carbons (Fsp3) is 0.143. The molecule has 3 heteroatoms. The van der Waals surface area contributed by atoms with Crippen LogP contribution in [0.4, 0.5) is 4.39 Å². The van der Waals surface area contributed by atoms with Gasteiger partial charge in [-0.25, -0.2) is 4.39 Å². The molecule has 0 aromatic heterocycles. The Morgan fingerprint density at radius 3 is 2.18 bits per heavy atom. The molecule has 0 radical (unpaired) electrons. The van der Waals surface area contributed by atoms with Gasteiger partial charge in [0, 0.05) is 10.9 Å². The quantitative estimate of drug-likeness (QED) is 0.911. The molecule has 0 saturated carbocycles. The van der Waals surface area contributed by atoms with Crippen LogP contribution in [-0.4, -0.2) is 5.11 Å². The lowest BCUT2D eigenvalue weighted by Gasteiger charge is -2.11. The van der Waals surface area contributed by atoms with Crippen molar-refractivity contribution in [3.8, 4) is 0 Å². The van der Waals surface area contributed by atoms with E-state index in [-0.39, 0.29) is 5.82 Å². The van der Waals surface area contributed by atoms with Crippen molar-refractivity contribution in [2.45, 2.75) is 12.5 Å². The monoisotopic (exact) mass is 294 g/mol. The molecule has 1 atom stereocenters. The van der Waals surface area contributed by atoms with E-state index in [0.29, 0.717) is 6.42 Å². The molecule has 0 aliphatic carbocycles. The molecule has 0 bridgehead atoms. The van der Waals surface area contributed by atoms with Crippen molar-refractivity contribution < 1.29 is 9.50 Å². The summed E-state index contributed by atoms with van der Waals surface area (Å²) < 4.78 is 13.7. The van der Waals surface area contributed by atoms with Crippen LogP contribution in [0.1, 0.15) is 17.2 Å². The molecular formula is C14H12BrFO. The Kier molecular flexibility index (Phi) is 3.92. The first-order valence-corrected chi connectivity index (χ1v) is 6.12. The lowest BCUT2D eigenvalue weighted by molar-refractivity contribution is 0.178. The molecule has 0 heterocycles. The van der Waals surface area contributed by atoms with Gasteiger partial charge in [0.1, 0.15) is 5.82 Å². The van der Waals surface area contributed by atoms with Crippen LogP contribution >= 0.6 is 15.9 Å². The van der Waals surface area contributed by atoms with E-state index in [1.54, 1.807) is 12.1 Å². The molecule has 0 aliphatic heterocycles. The largest absolute Gasteiger partial charge is 0.388 e. The van der Waals surface area contributed by atoms with Gasteiger partial charge in [0.15, 0.2) is 0 Å². The number of aliphatic hydroxyl groups excluding tert-OH is 1. The van der Waals surface area contributed by atoms with Crippen molar-refractivity contribution in [2.75, 3.05) is 0 Å². The summed E-state index contributed by atoms with van der Waals surface area (Å²) in [4.78, 5) is 0. The van der Waals surface area contributed by atoms with Gasteiger partial charge in [-0.15, -0.1) is 0 Å². The summed E-state index contributed by atoms with van der Waals surface area (Å²) in [7, 11) is 0. The normalized spacial score (nSPS) is 12.4. The van der Waals surface area contributed by atoms with E-state index in [0.717, 1.165) is 15.6 Å². The maximum Gasteiger partial charge on any atom is 0.123 e. The Hall–Kier alpha value is -1.19. The molecular weight excluding hydrogens is 283 g/mol. The number of benzene rings is 2. The second-order valence-corrected chi connectivity index (χ2v) is 4.81. The molecule has 88 valence electrons. The molecule has 2 aromatic rings. The average molecular weight is 295 g/mol. The van der Waals surface area contributed by atoms with E-state index in [9.17, 15) is 9.50 Å². The summed E-state index contributed by atoms with van der Waals surface area (Å²) in [5.41, 5.74) is 1.78. The van der Waals surface area contributed by atoms with E-state index in [4.69, 9.17) is 0 Å². The molecule has 2 rings (SSSR count). The molecule has 0 saturated heterocycles. The fourth-order valence-corrected chi connectivity index (χ4v) is 1.91. The molecule has 2 aromatic carbocycles. The lowest BCUT2D eigenvalue weighted by Crippen LogP contribution is -2.01. The first kappa shape index (κ1) is 12.3. The van der Waals surface area contributed by atoms with Crippen molar-refractivity contribution in [1.29, 1.82) is 0 Å². The van der Waals surface area contributed by atoms with E-state index in [1.807, 2.05) is 24.3 Å². The minimum Gasteiger partial charge on any atom is -0.388 e. The molecule has 0 aliphatic rings. The second-order valence-electron chi connectivity index (χ2n) is 3.90. The Morgan fingerprint density at radius 1 is 1.00 bits per heavy atom. The number of halogens is 2. The highest BCUT2D eigenvalue weighted by atomic mass is 79.9. The Balaban J connectivity index is 2.08. The minimum atomic E-state index is -0.600.